The first-order chi connectivity index (χ1) is 7.33. The van der Waals surface area contributed by atoms with Gasteiger partial charge in [0.1, 0.15) is 0 Å². The van der Waals surface area contributed by atoms with E-state index in [1.807, 2.05) is 7.05 Å². The molecule has 0 radical (unpaired) electrons. The Morgan fingerprint density at radius 2 is 2.40 bits per heavy atom. The lowest BCUT2D eigenvalue weighted by atomic mass is 9.96. The van der Waals surface area contributed by atoms with E-state index in [4.69, 9.17) is 0 Å². The standard InChI is InChI=1S/C12H17BrN2/c1-14-7-3-4-9-8-15-11-6-2-5-10(13)12(9)11/h2,5-6,9,14-15H,3-4,7-8H2,1H3. The molecule has 0 bridgehead atoms. The molecule has 82 valence electrons. The van der Waals surface area contributed by atoms with Crippen LogP contribution in [0.2, 0.25) is 0 Å². The summed E-state index contributed by atoms with van der Waals surface area (Å²) in [5, 5.41) is 6.67. The SMILES string of the molecule is CNCCCC1CNc2cccc(Br)c21. The molecule has 1 atom stereocenters. The monoisotopic (exact) mass is 268 g/mol. The van der Waals surface area contributed by atoms with Crippen molar-refractivity contribution >= 4 is 21.6 Å². The lowest BCUT2D eigenvalue weighted by Crippen LogP contribution is -2.10. The summed E-state index contributed by atoms with van der Waals surface area (Å²) in [4.78, 5) is 0. The van der Waals surface area contributed by atoms with Gasteiger partial charge in [0.05, 0.1) is 0 Å². The number of rotatable bonds is 4. The van der Waals surface area contributed by atoms with E-state index in [0.29, 0.717) is 5.92 Å². The second kappa shape index (κ2) is 4.99. The fourth-order valence-electron chi connectivity index (χ4n) is 2.21. The number of fused-ring (bicyclic) bond motifs is 1. The maximum absolute atomic E-state index is 3.64. The van der Waals surface area contributed by atoms with Crippen molar-refractivity contribution in [1.29, 1.82) is 0 Å². The minimum absolute atomic E-state index is 0.670. The van der Waals surface area contributed by atoms with Crippen LogP contribution in [0.25, 0.3) is 0 Å². The average molecular weight is 269 g/mol. The molecule has 2 nitrogen and oxygen atoms in total. The van der Waals surface area contributed by atoms with E-state index in [1.165, 1.54) is 28.6 Å². The van der Waals surface area contributed by atoms with E-state index in [0.717, 1.165) is 13.1 Å². The van der Waals surface area contributed by atoms with Gasteiger partial charge in [-0.25, -0.2) is 0 Å². The predicted molar refractivity (Wildman–Crippen MR) is 68.5 cm³/mol. The third-order valence-corrected chi connectivity index (χ3v) is 3.67. The Morgan fingerprint density at radius 3 is 3.20 bits per heavy atom. The van der Waals surface area contributed by atoms with Crippen molar-refractivity contribution in [2.75, 3.05) is 25.5 Å². The molecule has 1 aliphatic rings. The van der Waals surface area contributed by atoms with Crippen molar-refractivity contribution in [2.24, 2.45) is 0 Å². The first-order valence-corrected chi connectivity index (χ1v) is 6.29. The highest BCUT2D eigenvalue weighted by molar-refractivity contribution is 9.10. The lowest BCUT2D eigenvalue weighted by Gasteiger charge is -2.11. The van der Waals surface area contributed by atoms with E-state index in [9.17, 15) is 0 Å². The maximum atomic E-state index is 3.64. The van der Waals surface area contributed by atoms with Gasteiger partial charge in [-0.1, -0.05) is 22.0 Å². The zero-order chi connectivity index (χ0) is 10.7. The summed E-state index contributed by atoms with van der Waals surface area (Å²) in [7, 11) is 2.01. The van der Waals surface area contributed by atoms with Crippen LogP contribution in [0.4, 0.5) is 5.69 Å². The van der Waals surface area contributed by atoms with Crippen LogP contribution in [-0.4, -0.2) is 20.1 Å². The lowest BCUT2D eigenvalue weighted by molar-refractivity contribution is 0.605. The summed E-state index contributed by atoms with van der Waals surface area (Å²) in [6.07, 6.45) is 2.49. The van der Waals surface area contributed by atoms with Gasteiger partial charge in [-0.05, 0) is 44.1 Å². The highest BCUT2D eigenvalue weighted by Gasteiger charge is 2.23. The van der Waals surface area contributed by atoms with E-state index < -0.39 is 0 Å². The van der Waals surface area contributed by atoms with Gasteiger partial charge in [-0.15, -0.1) is 0 Å². The van der Waals surface area contributed by atoms with Crippen LogP contribution in [0.5, 0.6) is 0 Å². The first kappa shape index (κ1) is 11.0. The number of hydrogen-bond donors (Lipinski definition) is 2. The van der Waals surface area contributed by atoms with Crippen molar-refractivity contribution in [3.63, 3.8) is 0 Å². The van der Waals surface area contributed by atoms with Gasteiger partial charge in [0.2, 0.25) is 0 Å². The van der Waals surface area contributed by atoms with Crippen molar-refractivity contribution in [1.82, 2.24) is 5.32 Å². The topological polar surface area (TPSA) is 24.1 Å². The molecule has 1 aliphatic heterocycles. The summed E-state index contributed by atoms with van der Waals surface area (Å²) in [6, 6.07) is 6.39. The zero-order valence-corrected chi connectivity index (χ0v) is 10.6. The number of hydrogen-bond acceptors (Lipinski definition) is 2. The van der Waals surface area contributed by atoms with Crippen LogP contribution < -0.4 is 10.6 Å². The van der Waals surface area contributed by atoms with Gasteiger partial charge in [-0.3, -0.25) is 0 Å². The Morgan fingerprint density at radius 1 is 1.53 bits per heavy atom. The highest BCUT2D eigenvalue weighted by atomic mass is 79.9. The molecule has 1 heterocycles. The molecule has 1 aromatic carbocycles. The van der Waals surface area contributed by atoms with Crippen LogP contribution in [0.3, 0.4) is 0 Å². The van der Waals surface area contributed by atoms with Crippen molar-refractivity contribution in [3.8, 4) is 0 Å². The molecule has 0 saturated carbocycles. The Bertz CT molecular complexity index is 338. The minimum Gasteiger partial charge on any atom is -0.384 e. The smallest absolute Gasteiger partial charge is 0.0387 e. The molecule has 0 aromatic heterocycles. The quantitative estimate of drug-likeness (QED) is 0.821. The van der Waals surface area contributed by atoms with Gasteiger partial charge >= 0.3 is 0 Å². The predicted octanol–water partition coefficient (Wildman–Crippen LogP) is 2.96. The molecular formula is C12H17BrN2. The largest absolute Gasteiger partial charge is 0.384 e. The normalized spacial score (nSPS) is 18.7. The Labute approximate surface area is 99.6 Å². The number of nitrogens with one attached hydrogen (secondary N) is 2. The van der Waals surface area contributed by atoms with E-state index >= 15 is 0 Å². The molecule has 3 heteroatoms. The second-order valence-corrected chi connectivity index (χ2v) is 4.88. The van der Waals surface area contributed by atoms with E-state index in [1.54, 1.807) is 0 Å². The average Bonchev–Trinajstić information content (AvgIpc) is 2.63. The fraction of sp³-hybridized carbons (Fsp3) is 0.500. The summed E-state index contributed by atoms with van der Waals surface area (Å²) in [5.74, 6) is 0.670. The number of benzene rings is 1. The summed E-state index contributed by atoms with van der Waals surface area (Å²) < 4.78 is 1.25. The van der Waals surface area contributed by atoms with Crippen molar-refractivity contribution in [3.05, 3.63) is 28.2 Å². The van der Waals surface area contributed by atoms with Crippen molar-refractivity contribution < 1.29 is 0 Å². The molecule has 0 saturated heterocycles. The number of anilines is 1. The Hall–Kier alpha value is -0.540. The van der Waals surface area contributed by atoms with Crippen LogP contribution >= 0.6 is 15.9 Å². The van der Waals surface area contributed by atoms with Crippen LogP contribution in [0.15, 0.2) is 22.7 Å². The molecule has 0 fully saturated rings. The van der Waals surface area contributed by atoms with Gasteiger partial charge in [0, 0.05) is 22.6 Å². The molecular weight excluding hydrogens is 252 g/mol. The maximum Gasteiger partial charge on any atom is 0.0387 e. The molecule has 2 rings (SSSR count). The first-order valence-electron chi connectivity index (χ1n) is 5.50. The van der Waals surface area contributed by atoms with Crippen LogP contribution in [-0.2, 0) is 0 Å². The Balaban J connectivity index is 2.07. The molecule has 2 N–H and O–H groups in total. The third-order valence-electron chi connectivity index (χ3n) is 2.98. The van der Waals surface area contributed by atoms with Gasteiger partial charge < -0.3 is 10.6 Å². The highest BCUT2D eigenvalue weighted by Crippen LogP contribution is 2.39. The molecule has 0 aliphatic carbocycles. The summed E-state index contributed by atoms with van der Waals surface area (Å²) in [6.45, 7) is 2.19. The van der Waals surface area contributed by atoms with E-state index in [2.05, 4.69) is 44.8 Å². The molecule has 15 heavy (non-hydrogen) atoms. The number of halogens is 1. The summed E-state index contributed by atoms with van der Waals surface area (Å²) in [5.41, 5.74) is 2.77. The van der Waals surface area contributed by atoms with Crippen molar-refractivity contribution in [2.45, 2.75) is 18.8 Å². The second-order valence-electron chi connectivity index (χ2n) is 4.02. The van der Waals surface area contributed by atoms with Gasteiger partial charge in [0.25, 0.3) is 0 Å². The van der Waals surface area contributed by atoms with Crippen LogP contribution in [0.1, 0.15) is 24.3 Å². The fourth-order valence-corrected chi connectivity index (χ4v) is 2.90. The third kappa shape index (κ3) is 2.34. The minimum atomic E-state index is 0.670. The van der Waals surface area contributed by atoms with E-state index in [-0.39, 0.29) is 0 Å². The molecule has 0 amide bonds. The zero-order valence-electron chi connectivity index (χ0n) is 9.02. The molecule has 1 unspecified atom stereocenters. The van der Waals surface area contributed by atoms with Gasteiger partial charge in [-0.2, -0.15) is 0 Å². The summed E-state index contributed by atoms with van der Waals surface area (Å²) >= 11 is 3.64. The molecule has 0 spiro atoms. The molecule has 1 aromatic rings. The van der Waals surface area contributed by atoms with Crippen LogP contribution in [0, 0.1) is 0 Å². The Kier molecular flexibility index (Phi) is 3.65. The van der Waals surface area contributed by atoms with Gasteiger partial charge in [0.15, 0.2) is 0 Å².